The van der Waals surface area contributed by atoms with Gasteiger partial charge in [-0.05, 0) is 12.1 Å². The van der Waals surface area contributed by atoms with E-state index in [9.17, 15) is 4.79 Å². The minimum Gasteiger partial charge on any atom is -0.497 e. The number of nitrogens with one attached hydrogen (secondary N) is 1. The number of hydrogen-bond acceptors (Lipinski definition) is 7. The predicted octanol–water partition coefficient (Wildman–Crippen LogP) is 1.58. The third-order valence-corrected chi connectivity index (χ3v) is 3.86. The van der Waals surface area contributed by atoms with Crippen molar-refractivity contribution in [2.45, 2.75) is 0 Å². The number of rotatable bonds is 5. The average Bonchev–Trinajstić information content (AvgIpc) is 2.68. The van der Waals surface area contributed by atoms with Crippen molar-refractivity contribution in [3.8, 4) is 11.5 Å². The molecule has 8 nitrogen and oxygen atoms in total. The maximum atomic E-state index is 12.4. The van der Waals surface area contributed by atoms with Gasteiger partial charge in [0.25, 0.3) is 5.91 Å². The van der Waals surface area contributed by atoms with Crippen molar-refractivity contribution >= 4 is 17.4 Å². The van der Waals surface area contributed by atoms with Crippen LogP contribution in [-0.2, 0) is 4.74 Å². The maximum absolute atomic E-state index is 12.4. The van der Waals surface area contributed by atoms with Gasteiger partial charge in [-0.25, -0.2) is 9.97 Å². The second kappa shape index (κ2) is 7.80. The number of carbonyl (C=O) groups is 1. The molecule has 2 aromatic rings. The number of benzene rings is 1. The van der Waals surface area contributed by atoms with E-state index < -0.39 is 0 Å². The van der Waals surface area contributed by atoms with Crippen LogP contribution in [0.15, 0.2) is 30.6 Å². The van der Waals surface area contributed by atoms with Crippen LogP contribution in [0, 0.1) is 0 Å². The van der Waals surface area contributed by atoms with E-state index in [1.165, 1.54) is 13.3 Å². The lowest BCUT2D eigenvalue weighted by Crippen LogP contribution is -2.36. The van der Waals surface area contributed by atoms with Crippen molar-refractivity contribution in [3.63, 3.8) is 0 Å². The van der Waals surface area contributed by atoms with Crippen LogP contribution in [0.2, 0.25) is 0 Å². The number of methoxy groups -OCH3 is 2. The number of amides is 1. The van der Waals surface area contributed by atoms with Crippen LogP contribution in [-0.4, -0.2) is 56.4 Å². The Bertz CT molecular complexity index is 730. The molecule has 1 saturated heterocycles. The largest absolute Gasteiger partial charge is 0.497 e. The topological polar surface area (TPSA) is 85.8 Å². The maximum Gasteiger partial charge on any atom is 0.275 e. The summed E-state index contributed by atoms with van der Waals surface area (Å²) in [5, 5.41) is 2.77. The van der Waals surface area contributed by atoms with E-state index in [1.54, 1.807) is 31.5 Å². The highest BCUT2D eigenvalue weighted by atomic mass is 16.5. The summed E-state index contributed by atoms with van der Waals surface area (Å²) < 4.78 is 15.7. The number of nitrogens with zero attached hydrogens (tertiary/aromatic N) is 3. The second-order valence-corrected chi connectivity index (χ2v) is 5.38. The Balaban J connectivity index is 1.73. The molecule has 2 heterocycles. The molecule has 1 aliphatic heterocycles. The molecular formula is C17H20N4O4. The van der Waals surface area contributed by atoms with E-state index in [1.807, 2.05) is 0 Å². The van der Waals surface area contributed by atoms with Crippen LogP contribution >= 0.6 is 0 Å². The van der Waals surface area contributed by atoms with Crippen molar-refractivity contribution in [1.82, 2.24) is 9.97 Å². The number of carbonyl (C=O) groups excluding carboxylic acids is 1. The average molecular weight is 344 g/mol. The SMILES string of the molecule is COc1ccc(OC)c(NC(=O)c2cnc(N3CCOCC3)cn2)c1. The quantitative estimate of drug-likeness (QED) is 0.881. The van der Waals surface area contributed by atoms with Gasteiger partial charge < -0.3 is 24.4 Å². The molecule has 0 atom stereocenters. The summed E-state index contributed by atoms with van der Waals surface area (Å²) in [7, 11) is 3.09. The van der Waals surface area contributed by atoms with Crippen LogP contribution in [0.5, 0.6) is 11.5 Å². The van der Waals surface area contributed by atoms with Crippen molar-refractivity contribution in [1.29, 1.82) is 0 Å². The van der Waals surface area contributed by atoms with Crippen LogP contribution in [0.1, 0.15) is 10.5 Å². The number of hydrogen-bond donors (Lipinski definition) is 1. The lowest BCUT2D eigenvalue weighted by Gasteiger charge is -2.27. The van der Waals surface area contributed by atoms with E-state index in [-0.39, 0.29) is 11.6 Å². The Labute approximate surface area is 145 Å². The molecular weight excluding hydrogens is 324 g/mol. The Morgan fingerprint density at radius 3 is 2.60 bits per heavy atom. The van der Waals surface area contributed by atoms with Gasteiger partial charge in [-0.2, -0.15) is 0 Å². The first kappa shape index (κ1) is 17.0. The number of anilines is 2. The van der Waals surface area contributed by atoms with Crippen LogP contribution in [0.25, 0.3) is 0 Å². The van der Waals surface area contributed by atoms with Gasteiger partial charge in [0.2, 0.25) is 0 Å². The van der Waals surface area contributed by atoms with Gasteiger partial charge in [-0.1, -0.05) is 0 Å². The summed E-state index contributed by atoms with van der Waals surface area (Å²) >= 11 is 0. The predicted molar refractivity (Wildman–Crippen MR) is 92.6 cm³/mol. The van der Waals surface area contributed by atoms with E-state index >= 15 is 0 Å². The number of aromatic nitrogens is 2. The Hall–Kier alpha value is -2.87. The Morgan fingerprint density at radius 2 is 1.96 bits per heavy atom. The molecule has 1 aromatic carbocycles. The first-order valence-electron chi connectivity index (χ1n) is 7.89. The van der Waals surface area contributed by atoms with Crippen molar-refractivity contribution in [3.05, 3.63) is 36.3 Å². The monoisotopic (exact) mass is 344 g/mol. The minimum absolute atomic E-state index is 0.224. The van der Waals surface area contributed by atoms with Gasteiger partial charge in [0.15, 0.2) is 0 Å². The zero-order valence-corrected chi connectivity index (χ0v) is 14.2. The van der Waals surface area contributed by atoms with Gasteiger partial charge >= 0.3 is 0 Å². The van der Waals surface area contributed by atoms with Gasteiger partial charge in [0.05, 0.1) is 45.5 Å². The molecule has 1 aliphatic rings. The lowest BCUT2D eigenvalue weighted by atomic mass is 10.2. The molecule has 1 N–H and O–H groups in total. The van der Waals surface area contributed by atoms with Crippen LogP contribution in [0.3, 0.4) is 0 Å². The molecule has 132 valence electrons. The summed E-state index contributed by atoms with van der Waals surface area (Å²) in [6.07, 6.45) is 3.07. The third-order valence-electron chi connectivity index (χ3n) is 3.86. The molecule has 3 rings (SSSR count). The molecule has 0 radical (unpaired) electrons. The summed E-state index contributed by atoms with van der Waals surface area (Å²) in [6.45, 7) is 2.86. The fourth-order valence-corrected chi connectivity index (χ4v) is 2.49. The summed E-state index contributed by atoms with van der Waals surface area (Å²) in [6, 6.07) is 5.17. The molecule has 0 spiro atoms. The Morgan fingerprint density at radius 1 is 1.16 bits per heavy atom. The highest BCUT2D eigenvalue weighted by Crippen LogP contribution is 2.29. The van der Waals surface area contributed by atoms with E-state index in [0.29, 0.717) is 30.4 Å². The van der Waals surface area contributed by atoms with Crippen molar-refractivity contribution < 1.29 is 19.0 Å². The standard InChI is InChI=1S/C17H20N4O4/c1-23-12-3-4-15(24-2)13(9-12)20-17(22)14-10-19-16(11-18-14)21-5-7-25-8-6-21/h3-4,9-11H,5-8H2,1-2H3,(H,20,22). The number of ether oxygens (including phenoxy) is 3. The Kier molecular flexibility index (Phi) is 5.30. The zero-order chi connectivity index (χ0) is 17.6. The number of morpholine rings is 1. The van der Waals surface area contributed by atoms with Crippen LogP contribution in [0.4, 0.5) is 11.5 Å². The van der Waals surface area contributed by atoms with E-state index in [2.05, 4.69) is 20.2 Å². The second-order valence-electron chi connectivity index (χ2n) is 5.38. The summed E-state index contributed by atoms with van der Waals surface area (Å²) in [5.41, 5.74) is 0.729. The van der Waals surface area contributed by atoms with E-state index in [0.717, 1.165) is 18.9 Å². The normalized spacial score (nSPS) is 14.1. The zero-order valence-electron chi connectivity index (χ0n) is 14.2. The highest BCUT2D eigenvalue weighted by molar-refractivity contribution is 6.03. The molecule has 0 bridgehead atoms. The third kappa shape index (κ3) is 3.97. The molecule has 25 heavy (non-hydrogen) atoms. The van der Waals surface area contributed by atoms with Crippen molar-refractivity contribution in [2.24, 2.45) is 0 Å². The minimum atomic E-state index is -0.368. The first-order chi connectivity index (χ1) is 12.2. The molecule has 0 unspecified atom stereocenters. The van der Waals surface area contributed by atoms with Gasteiger partial charge in [-0.15, -0.1) is 0 Å². The summed E-state index contributed by atoms with van der Waals surface area (Å²) in [5.74, 6) is 1.52. The van der Waals surface area contributed by atoms with E-state index in [4.69, 9.17) is 14.2 Å². The van der Waals surface area contributed by atoms with Gasteiger partial charge in [0, 0.05) is 19.2 Å². The lowest BCUT2D eigenvalue weighted by molar-refractivity contribution is 0.102. The fourth-order valence-electron chi connectivity index (χ4n) is 2.49. The molecule has 8 heteroatoms. The molecule has 0 saturated carbocycles. The van der Waals surface area contributed by atoms with Gasteiger partial charge in [0.1, 0.15) is 23.0 Å². The molecule has 0 aliphatic carbocycles. The molecule has 1 aromatic heterocycles. The highest BCUT2D eigenvalue weighted by Gasteiger charge is 2.16. The van der Waals surface area contributed by atoms with Crippen LogP contribution < -0.4 is 19.7 Å². The summed E-state index contributed by atoms with van der Waals surface area (Å²) in [4.78, 5) is 23.0. The van der Waals surface area contributed by atoms with Crippen molar-refractivity contribution in [2.75, 3.05) is 50.7 Å². The van der Waals surface area contributed by atoms with Gasteiger partial charge in [-0.3, -0.25) is 4.79 Å². The molecule has 1 fully saturated rings. The fraction of sp³-hybridized carbons (Fsp3) is 0.353. The first-order valence-corrected chi connectivity index (χ1v) is 7.89. The molecule has 1 amide bonds. The smallest absolute Gasteiger partial charge is 0.275 e.